The zero-order valence-corrected chi connectivity index (χ0v) is 10.4. The first-order chi connectivity index (χ1) is 9.15. The van der Waals surface area contributed by atoms with Crippen molar-refractivity contribution < 1.29 is 14.3 Å². The maximum absolute atomic E-state index is 11.8. The average molecular weight is 261 g/mol. The van der Waals surface area contributed by atoms with Gasteiger partial charge in [-0.25, -0.2) is 0 Å². The number of amides is 2. The lowest BCUT2D eigenvalue weighted by atomic mass is 10.0. The SMILES string of the molecule is Nc1cccc2c1CN(C1CCC(=O)NC1=O)CO2. The number of hydrogen-bond donors (Lipinski definition) is 2. The maximum atomic E-state index is 11.8. The number of carbonyl (C=O) groups is 2. The lowest BCUT2D eigenvalue weighted by Crippen LogP contribution is -2.53. The van der Waals surface area contributed by atoms with Crippen molar-refractivity contribution in [1.82, 2.24) is 10.2 Å². The number of piperidine rings is 1. The largest absolute Gasteiger partial charge is 0.478 e. The van der Waals surface area contributed by atoms with E-state index in [2.05, 4.69) is 5.32 Å². The lowest BCUT2D eigenvalue weighted by Gasteiger charge is -2.36. The van der Waals surface area contributed by atoms with E-state index in [-0.39, 0.29) is 17.9 Å². The number of nitrogens with one attached hydrogen (secondary N) is 1. The van der Waals surface area contributed by atoms with Crippen LogP contribution in [0.15, 0.2) is 18.2 Å². The molecule has 2 amide bonds. The van der Waals surface area contributed by atoms with Crippen molar-refractivity contribution in [3.05, 3.63) is 23.8 Å². The highest BCUT2D eigenvalue weighted by atomic mass is 16.5. The molecule has 0 aliphatic carbocycles. The highest BCUT2D eigenvalue weighted by Gasteiger charge is 2.34. The summed E-state index contributed by atoms with van der Waals surface area (Å²) in [6.45, 7) is 0.900. The second-order valence-corrected chi connectivity index (χ2v) is 4.81. The number of benzene rings is 1. The summed E-state index contributed by atoms with van der Waals surface area (Å²) >= 11 is 0. The van der Waals surface area contributed by atoms with Crippen molar-refractivity contribution >= 4 is 17.5 Å². The molecule has 0 spiro atoms. The van der Waals surface area contributed by atoms with Gasteiger partial charge in [-0.2, -0.15) is 0 Å². The van der Waals surface area contributed by atoms with Crippen LogP contribution >= 0.6 is 0 Å². The molecule has 0 saturated carbocycles. The highest BCUT2D eigenvalue weighted by molar-refractivity contribution is 6.00. The summed E-state index contributed by atoms with van der Waals surface area (Å²) < 4.78 is 5.63. The molecule has 1 aromatic rings. The molecule has 3 N–H and O–H groups in total. The van der Waals surface area contributed by atoms with E-state index in [4.69, 9.17) is 10.5 Å². The molecule has 2 heterocycles. The minimum atomic E-state index is -0.328. The van der Waals surface area contributed by atoms with Crippen LogP contribution in [0.25, 0.3) is 0 Å². The number of ether oxygens (including phenoxy) is 1. The van der Waals surface area contributed by atoms with Crippen LogP contribution in [0.3, 0.4) is 0 Å². The zero-order valence-electron chi connectivity index (χ0n) is 10.4. The van der Waals surface area contributed by atoms with Gasteiger partial charge in [0.1, 0.15) is 12.5 Å². The number of nitrogen functional groups attached to an aromatic ring is 1. The summed E-state index contributed by atoms with van der Waals surface area (Å²) in [6, 6.07) is 5.20. The van der Waals surface area contributed by atoms with E-state index in [1.807, 2.05) is 23.1 Å². The number of hydrogen-bond acceptors (Lipinski definition) is 5. The van der Waals surface area contributed by atoms with Gasteiger partial charge in [-0.3, -0.25) is 19.8 Å². The van der Waals surface area contributed by atoms with E-state index in [1.54, 1.807) is 0 Å². The molecule has 0 aromatic heterocycles. The van der Waals surface area contributed by atoms with E-state index in [0.717, 1.165) is 11.3 Å². The monoisotopic (exact) mass is 261 g/mol. The molecule has 6 nitrogen and oxygen atoms in total. The summed E-state index contributed by atoms with van der Waals surface area (Å²) in [5.74, 6) is 0.306. The number of imide groups is 1. The Balaban J connectivity index is 1.80. The van der Waals surface area contributed by atoms with Crippen LogP contribution in [0.4, 0.5) is 5.69 Å². The fraction of sp³-hybridized carbons (Fsp3) is 0.385. The Morgan fingerprint density at radius 2 is 2.21 bits per heavy atom. The molecule has 2 aliphatic heterocycles. The number of anilines is 1. The second kappa shape index (κ2) is 4.55. The summed E-state index contributed by atoms with van der Waals surface area (Å²) in [7, 11) is 0. The highest BCUT2D eigenvalue weighted by Crippen LogP contribution is 2.31. The van der Waals surface area contributed by atoms with Gasteiger partial charge in [0.15, 0.2) is 0 Å². The van der Waals surface area contributed by atoms with E-state index in [9.17, 15) is 9.59 Å². The molecule has 1 unspecified atom stereocenters. The molecule has 1 aromatic carbocycles. The van der Waals surface area contributed by atoms with Gasteiger partial charge >= 0.3 is 0 Å². The molecule has 2 aliphatic rings. The fourth-order valence-corrected chi connectivity index (χ4v) is 2.52. The Morgan fingerprint density at radius 3 is 3.00 bits per heavy atom. The van der Waals surface area contributed by atoms with Crippen LogP contribution in [-0.4, -0.2) is 29.5 Å². The van der Waals surface area contributed by atoms with Crippen LogP contribution in [0.1, 0.15) is 18.4 Å². The molecule has 6 heteroatoms. The van der Waals surface area contributed by atoms with E-state index in [0.29, 0.717) is 31.8 Å². The lowest BCUT2D eigenvalue weighted by molar-refractivity contribution is -0.139. The predicted molar refractivity (Wildman–Crippen MR) is 68.1 cm³/mol. The number of nitrogens with two attached hydrogens (primary N) is 1. The zero-order chi connectivity index (χ0) is 13.4. The van der Waals surface area contributed by atoms with E-state index < -0.39 is 0 Å². The fourth-order valence-electron chi connectivity index (χ4n) is 2.52. The Kier molecular flexibility index (Phi) is 2.87. The number of nitrogens with zero attached hydrogens (tertiary/aromatic N) is 1. The maximum Gasteiger partial charge on any atom is 0.244 e. The Hall–Kier alpha value is -2.08. The first-order valence-electron chi connectivity index (χ1n) is 6.23. The minimum absolute atomic E-state index is 0.209. The van der Waals surface area contributed by atoms with Crippen molar-refractivity contribution in [1.29, 1.82) is 0 Å². The van der Waals surface area contributed by atoms with Gasteiger partial charge in [0, 0.05) is 24.2 Å². The number of carbonyl (C=O) groups excluding carboxylic acids is 2. The first kappa shape index (κ1) is 12.0. The Labute approximate surface area is 110 Å². The van der Waals surface area contributed by atoms with Gasteiger partial charge in [-0.1, -0.05) is 6.07 Å². The third-order valence-corrected chi connectivity index (χ3v) is 3.57. The second-order valence-electron chi connectivity index (χ2n) is 4.81. The van der Waals surface area contributed by atoms with Gasteiger partial charge in [-0.15, -0.1) is 0 Å². The van der Waals surface area contributed by atoms with Gasteiger partial charge in [0.2, 0.25) is 11.8 Å². The molecule has 100 valence electrons. The third-order valence-electron chi connectivity index (χ3n) is 3.57. The smallest absolute Gasteiger partial charge is 0.244 e. The summed E-state index contributed by atoms with van der Waals surface area (Å²) in [5, 5.41) is 2.36. The van der Waals surface area contributed by atoms with Crippen molar-refractivity contribution in [2.45, 2.75) is 25.4 Å². The molecule has 0 radical (unpaired) electrons. The molecule has 1 atom stereocenters. The Bertz CT molecular complexity index is 544. The molecule has 0 bridgehead atoms. The summed E-state index contributed by atoms with van der Waals surface area (Å²) in [5.41, 5.74) is 7.49. The normalized spacial score (nSPS) is 23.5. The molecular weight excluding hydrogens is 246 g/mol. The number of fused-ring (bicyclic) bond motifs is 1. The van der Waals surface area contributed by atoms with E-state index in [1.165, 1.54) is 0 Å². The van der Waals surface area contributed by atoms with Gasteiger partial charge in [0.05, 0.1) is 6.04 Å². The molecular formula is C13H15N3O3. The first-order valence-corrected chi connectivity index (χ1v) is 6.23. The molecule has 19 heavy (non-hydrogen) atoms. The topological polar surface area (TPSA) is 84.7 Å². The van der Waals surface area contributed by atoms with Crippen LogP contribution in [0, 0.1) is 0 Å². The van der Waals surface area contributed by atoms with Crippen LogP contribution in [-0.2, 0) is 16.1 Å². The summed E-state index contributed by atoms with van der Waals surface area (Å²) in [4.78, 5) is 24.9. The molecule has 1 fully saturated rings. The van der Waals surface area contributed by atoms with Crippen LogP contribution in [0.2, 0.25) is 0 Å². The quantitative estimate of drug-likeness (QED) is 0.558. The average Bonchev–Trinajstić information content (AvgIpc) is 2.39. The van der Waals surface area contributed by atoms with Crippen molar-refractivity contribution in [2.75, 3.05) is 12.5 Å². The van der Waals surface area contributed by atoms with Crippen molar-refractivity contribution in [3.8, 4) is 5.75 Å². The van der Waals surface area contributed by atoms with Gasteiger partial charge < -0.3 is 10.5 Å². The van der Waals surface area contributed by atoms with Crippen LogP contribution < -0.4 is 15.8 Å². The third kappa shape index (κ3) is 2.15. The predicted octanol–water partition coefficient (Wildman–Crippen LogP) is 0.226. The Morgan fingerprint density at radius 1 is 1.37 bits per heavy atom. The van der Waals surface area contributed by atoms with E-state index >= 15 is 0 Å². The van der Waals surface area contributed by atoms with Crippen molar-refractivity contribution in [2.24, 2.45) is 0 Å². The van der Waals surface area contributed by atoms with Crippen LogP contribution in [0.5, 0.6) is 5.75 Å². The van der Waals surface area contributed by atoms with Crippen molar-refractivity contribution in [3.63, 3.8) is 0 Å². The minimum Gasteiger partial charge on any atom is -0.478 e. The molecule has 1 saturated heterocycles. The van der Waals surface area contributed by atoms with Gasteiger partial charge in [0.25, 0.3) is 0 Å². The number of rotatable bonds is 1. The van der Waals surface area contributed by atoms with Gasteiger partial charge in [-0.05, 0) is 18.6 Å². The molecule has 3 rings (SSSR count). The standard InChI is InChI=1S/C13H15N3O3/c14-9-2-1-3-11-8(9)6-16(7-19-11)10-4-5-12(17)15-13(10)18/h1-3,10H,4-7,14H2,(H,15,17,18). The summed E-state index contributed by atoms with van der Waals surface area (Å²) in [6.07, 6.45) is 0.889.